The molecule has 0 saturated heterocycles. The summed E-state index contributed by atoms with van der Waals surface area (Å²) in [5.74, 6) is -0.105. The number of nitrogens with one attached hydrogen (secondary N) is 1. The summed E-state index contributed by atoms with van der Waals surface area (Å²) in [6.45, 7) is 7.24. The average Bonchev–Trinajstić information content (AvgIpc) is 3.06. The van der Waals surface area contributed by atoms with E-state index in [1.807, 2.05) is 25.8 Å². The fraction of sp³-hybridized carbons (Fsp3) is 0.622. The summed E-state index contributed by atoms with van der Waals surface area (Å²) < 4.78 is 51.9. The lowest BCUT2D eigenvalue weighted by atomic mass is 9.88. The lowest BCUT2D eigenvalue weighted by Crippen LogP contribution is -2.47. The Labute approximate surface area is 283 Å². The minimum Gasteiger partial charge on any atom is -0.490 e. The zero-order valence-electron chi connectivity index (χ0n) is 28.7. The fourth-order valence-corrected chi connectivity index (χ4v) is 6.55. The van der Waals surface area contributed by atoms with Gasteiger partial charge in [-0.25, -0.2) is 0 Å². The Kier molecular flexibility index (Phi) is 13.7. The van der Waals surface area contributed by atoms with Gasteiger partial charge in [0.25, 0.3) is 5.91 Å². The molecule has 2 aromatic rings. The fourth-order valence-electron chi connectivity index (χ4n) is 6.55. The van der Waals surface area contributed by atoms with E-state index in [9.17, 15) is 27.9 Å². The van der Waals surface area contributed by atoms with E-state index in [4.69, 9.17) is 9.47 Å². The van der Waals surface area contributed by atoms with Crippen LogP contribution in [0.5, 0.6) is 5.75 Å². The molecule has 11 heteroatoms. The second kappa shape index (κ2) is 17.5. The van der Waals surface area contributed by atoms with Gasteiger partial charge in [0, 0.05) is 43.8 Å². The highest BCUT2D eigenvalue weighted by atomic mass is 19.4. The summed E-state index contributed by atoms with van der Waals surface area (Å²) in [5, 5.41) is 13.3. The van der Waals surface area contributed by atoms with Crippen molar-refractivity contribution in [2.24, 2.45) is 11.8 Å². The highest BCUT2D eigenvalue weighted by Gasteiger charge is 2.32. The van der Waals surface area contributed by atoms with Crippen LogP contribution in [0.1, 0.15) is 93.6 Å². The molecule has 1 saturated carbocycles. The summed E-state index contributed by atoms with van der Waals surface area (Å²) in [6.07, 6.45) is 2.51. The van der Waals surface area contributed by atoms with Crippen molar-refractivity contribution < 1.29 is 37.3 Å². The van der Waals surface area contributed by atoms with Crippen molar-refractivity contribution in [2.75, 3.05) is 38.7 Å². The van der Waals surface area contributed by atoms with E-state index in [1.54, 1.807) is 30.0 Å². The predicted octanol–water partition coefficient (Wildman–Crippen LogP) is 7.15. The SMILES string of the molecule is C[C@H]1CCCCO[C@@H](CN(C)Cc2ccc(C(F)(F)F)cc2)[C@@H](C)CN([C@@H](C)CO)C(=O)c2cc(NC(=O)C3CCCCC3)ccc2O1. The molecule has 2 aliphatic rings. The molecule has 0 spiro atoms. The third-order valence-corrected chi connectivity index (χ3v) is 9.52. The van der Waals surface area contributed by atoms with E-state index in [-0.39, 0.29) is 49.0 Å². The first-order valence-corrected chi connectivity index (χ1v) is 17.3. The third-order valence-electron chi connectivity index (χ3n) is 9.52. The summed E-state index contributed by atoms with van der Waals surface area (Å²) in [7, 11) is 1.90. The molecule has 8 nitrogen and oxygen atoms in total. The number of aliphatic hydroxyl groups is 1. The number of alkyl halides is 3. The Hall–Kier alpha value is -3.15. The number of likely N-dealkylation sites (N-methyl/N-ethyl adjacent to an activating group) is 1. The van der Waals surface area contributed by atoms with Gasteiger partial charge >= 0.3 is 6.18 Å². The Morgan fingerprint density at radius 2 is 1.73 bits per heavy atom. The monoisotopic (exact) mass is 675 g/mol. The standard InChI is InChI=1S/C37H52F3N3O5/c1-25-21-43(26(2)24-44)36(46)32-20-31(41-35(45)29-11-6-5-7-12-29)17-18-33(32)48-27(3)10-8-9-19-47-34(25)23-42(4)22-28-13-15-30(16-14-28)37(38,39)40/h13-18,20,25-27,29,34,44H,5-12,19,21-24H2,1-4H3,(H,41,45)/t25-,26-,27-,34-/m0/s1. The van der Waals surface area contributed by atoms with Crippen molar-refractivity contribution in [1.29, 1.82) is 0 Å². The zero-order valence-corrected chi connectivity index (χ0v) is 28.7. The molecule has 4 atom stereocenters. The maximum Gasteiger partial charge on any atom is 0.416 e. The number of rotatable bonds is 8. The number of nitrogens with zero attached hydrogens (tertiary/aromatic N) is 2. The largest absolute Gasteiger partial charge is 0.490 e. The molecule has 48 heavy (non-hydrogen) atoms. The molecule has 2 aromatic carbocycles. The lowest BCUT2D eigenvalue weighted by Gasteiger charge is -2.36. The van der Waals surface area contributed by atoms with Crippen molar-refractivity contribution in [3.8, 4) is 5.75 Å². The van der Waals surface area contributed by atoms with Crippen LogP contribution in [0.25, 0.3) is 0 Å². The Morgan fingerprint density at radius 1 is 1.04 bits per heavy atom. The number of hydrogen-bond donors (Lipinski definition) is 2. The van der Waals surface area contributed by atoms with Gasteiger partial charge in [-0.3, -0.25) is 14.5 Å². The van der Waals surface area contributed by atoms with E-state index in [0.717, 1.165) is 69.1 Å². The second-order valence-corrected chi connectivity index (χ2v) is 13.7. The van der Waals surface area contributed by atoms with Gasteiger partial charge in [0.05, 0.1) is 36.0 Å². The second-order valence-electron chi connectivity index (χ2n) is 13.7. The first-order valence-electron chi connectivity index (χ1n) is 17.3. The van der Waals surface area contributed by atoms with Gasteiger partial charge in [0.1, 0.15) is 5.75 Å². The van der Waals surface area contributed by atoms with Crippen molar-refractivity contribution in [1.82, 2.24) is 9.80 Å². The molecule has 0 aromatic heterocycles. The first kappa shape index (κ1) is 37.7. The number of benzene rings is 2. The van der Waals surface area contributed by atoms with E-state index in [2.05, 4.69) is 5.32 Å². The van der Waals surface area contributed by atoms with Crippen LogP contribution in [-0.2, 0) is 22.3 Å². The molecule has 1 aliphatic heterocycles. The number of carbonyl (C=O) groups is 2. The highest BCUT2D eigenvalue weighted by Crippen LogP contribution is 2.31. The van der Waals surface area contributed by atoms with Crippen molar-refractivity contribution in [3.05, 3.63) is 59.2 Å². The van der Waals surface area contributed by atoms with Gasteiger partial charge in [-0.15, -0.1) is 0 Å². The number of amides is 2. The summed E-state index contributed by atoms with van der Waals surface area (Å²) in [6, 6.07) is 9.88. The number of anilines is 1. The normalized spacial score (nSPS) is 22.8. The number of halogens is 3. The predicted molar refractivity (Wildman–Crippen MR) is 180 cm³/mol. The molecule has 0 bridgehead atoms. The third kappa shape index (κ3) is 10.7. The van der Waals surface area contributed by atoms with Crippen LogP contribution < -0.4 is 10.1 Å². The van der Waals surface area contributed by atoms with Crippen LogP contribution in [0.15, 0.2) is 42.5 Å². The maximum atomic E-state index is 14.4. The first-order chi connectivity index (χ1) is 22.8. The quantitative estimate of drug-likeness (QED) is 0.309. The molecule has 266 valence electrons. The van der Waals surface area contributed by atoms with E-state index in [0.29, 0.717) is 36.7 Å². The van der Waals surface area contributed by atoms with Crippen molar-refractivity contribution in [2.45, 2.75) is 103 Å². The van der Waals surface area contributed by atoms with Gasteiger partial charge in [-0.05, 0) is 88.9 Å². The molecule has 1 aliphatic carbocycles. The van der Waals surface area contributed by atoms with E-state index < -0.39 is 17.8 Å². The Balaban J connectivity index is 1.56. The molecule has 1 fully saturated rings. The molecule has 2 N–H and O–H groups in total. The molecule has 1 heterocycles. The number of aliphatic hydroxyl groups excluding tert-OH is 1. The highest BCUT2D eigenvalue weighted by molar-refractivity contribution is 6.00. The van der Waals surface area contributed by atoms with Crippen LogP contribution in [-0.4, -0.2) is 78.3 Å². The number of fused-ring (bicyclic) bond motifs is 1. The average molecular weight is 676 g/mol. The van der Waals surface area contributed by atoms with Crippen molar-refractivity contribution in [3.63, 3.8) is 0 Å². The van der Waals surface area contributed by atoms with Crippen LogP contribution >= 0.6 is 0 Å². The molecule has 4 rings (SSSR count). The molecule has 0 unspecified atom stereocenters. The van der Waals surface area contributed by atoms with Gasteiger partial charge < -0.3 is 24.8 Å². The molecule has 0 radical (unpaired) electrons. The van der Waals surface area contributed by atoms with Gasteiger partial charge in [0.15, 0.2) is 0 Å². The lowest BCUT2D eigenvalue weighted by molar-refractivity contribution is -0.137. The number of hydrogen-bond acceptors (Lipinski definition) is 6. The summed E-state index contributed by atoms with van der Waals surface area (Å²) in [5.41, 5.74) is 0.928. The maximum absolute atomic E-state index is 14.4. The van der Waals surface area contributed by atoms with Crippen LogP contribution in [0.4, 0.5) is 18.9 Å². The summed E-state index contributed by atoms with van der Waals surface area (Å²) >= 11 is 0. The Morgan fingerprint density at radius 3 is 2.40 bits per heavy atom. The minimum atomic E-state index is -4.39. The van der Waals surface area contributed by atoms with Gasteiger partial charge in [0.2, 0.25) is 5.91 Å². The smallest absolute Gasteiger partial charge is 0.416 e. The van der Waals surface area contributed by atoms with Gasteiger partial charge in [-0.2, -0.15) is 13.2 Å². The number of ether oxygens (including phenoxy) is 2. The molecular formula is C37H52F3N3O5. The van der Waals surface area contributed by atoms with Crippen LogP contribution in [0.2, 0.25) is 0 Å². The van der Waals surface area contributed by atoms with Crippen LogP contribution in [0, 0.1) is 11.8 Å². The zero-order chi connectivity index (χ0) is 34.8. The molecule has 2 amide bonds. The van der Waals surface area contributed by atoms with Crippen LogP contribution in [0.3, 0.4) is 0 Å². The summed E-state index contributed by atoms with van der Waals surface area (Å²) in [4.78, 5) is 31.1. The molecular weight excluding hydrogens is 623 g/mol. The Bertz CT molecular complexity index is 1330. The van der Waals surface area contributed by atoms with E-state index in [1.165, 1.54) is 12.1 Å². The topological polar surface area (TPSA) is 91.3 Å². The van der Waals surface area contributed by atoms with Gasteiger partial charge in [-0.1, -0.05) is 38.3 Å². The number of carbonyl (C=O) groups excluding carboxylic acids is 2. The van der Waals surface area contributed by atoms with Crippen molar-refractivity contribution >= 4 is 17.5 Å². The van der Waals surface area contributed by atoms with E-state index >= 15 is 0 Å². The minimum absolute atomic E-state index is 0.0353.